The lowest BCUT2D eigenvalue weighted by Crippen LogP contribution is -2.45. The van der Waals surface area contributed by atoms with Crippen LogP contribution in [0.2, 0.25) is 0 Å². The van der Waals surface area contributed by atoms with Crippen LogP contribution >= 0.6 is 0 Å². The Kier molecular flexibility index (Phi) is 7.77. The van der Waals surface area contributed by atoms with E-state index in [1.807, 2.05) is 36.4 Å². The van der Waals surface area contributed by atoms with Crippen molar-refractivity contribution in [2.24, 2.45) is 11.3 Å². The molecule has 28 heavy (non-hydrogen) atoms. The number of unbranched alkanes of at least 4 members (excludes halogenated alkanes) is 2. The number of hydrogen-bond acceptors (Lipinski definition) is 6. The number of nitriles is 1. The highest BCUT2D eigenvalue weighted by molar-refractivity contribution is 6.09. The summed E-state index contributed by atoms with van der Waals surface area (Å²) in [6, 6.07) is 11.2. The summed E-state index contributed by atoms with van der Waals surface area (Å²) in [7, 11) is 1.23. The Morgan fingerprint density at radius 3 is 2.64 bits per heavy atom. The molecule has 6 nitrogen and oxygen atoms in total. The van der Waals surface area contributed by atoms with Crippen LogP contribution in [0.15, 0.2) is 30.3 Å². The van der Waals surface area contributed by atoms with Crippen LogP contribution in [-0.4, -0.2) is 24.8 Å². The number of methoxy groups -OCH3 is 1. The van der Waals surface area contributed by atoms with Gasteiger partial charge < -0.3 is 9.47 Å². The van der Waals surface area contributed by atoms with E-state index in [0.717, 1.165) is 5.56 Å². The quantitative estimate of drug-likeness (QED) is 0.312. The molecule has 0 N–H and O–H groups in total. The summed E-state index contributed by atoms with van der Waals surface area (Å²) >= 11 is 0. The maximum absolute atomic E-state index is 13.0. The molecule has 1 aromatic rings. The predicted molar refractivity (Wildman–Crippen MR) is 100 cm³/mol. The summed E-state index contributed by atoms with van der Waals surface area (Å²) in [4.78, 5) is 38.0. The SMILES string of the molecule is COC(=O)C1CCC(=O)C1(CC#CCCCC#N)C(=O)OCc1ccccc1. The average molecular weight is 381 g/mol. The first kappa shape index (κ1) is 21.2. The number of esters is 2. The third kappa shape index (κ3) is 4.78. The summed E-state index contributed by atoms with van der Waals surface area (Å²) in [5.41, 5.74) is -0.849. The van der Waals surface area contributed by atoms with Crippen molar-refractivity contribution in [1.29, 1.82) is 5.26 Å². The first-order valence-corrected chi connectivity index (χ1v) is 9.21. The van der Waals surface area contributed by atoms with Crippen molar-refractivity contribution in [3.05, 3.63) is 35.9 Å². The van der Waals surface area contributed by atoms with Crippen LogP contribution in [0, 0.1) is 34.5 Å². The van der Waals surface area contributed by atoms with Gasteiger partial charge in [-0.05, 0) is 18.4 Å². The molecule has 2 atom stereocenters. The second-order valence-corrected chi connectivity index (χ2v) is 6.61. The fourth-order valence-corrected chi connectivity index (χ4v) is 3.35. The van der Waals surface area contributed by atoms with Gasteiger partial charge in [-0.25, -0.2) is 0 Å². The van der Waals surface area contributed by atoms with Crippen LogP contribution in [0.1, 0.15) is 44.1 Å². The molecule has 2 unspecified atom stereocenters. The summed E-state index contributed by atoms with van der Waals surface area (Å²) in [6.45, 7) is 0.0121. The molecule has 1 fully saturated rings. The lowest BCUT2D eigenvalue weighted by Gasteiger charge is -2.28. The zero-order valence-corrected chi connectivity index (χ0v) is 15.9. The average Bonchev–Trinajstić information content (AvgIpc) is 3.06. The molecule has 1 aliphatic carbocycles. The molecule has 0 spiro atoms. The normalized spacial score (nSPS) is 20.6. The van der Waals surface area contributed by atoms with Gasteiger partial charge in [0.05, 0.1) is 19.1 Å². The minimum absolute atomic E-state index is 0.0121. The summed E-state index contributed by atoms with van der Waals surface area (Å²) in [6.07, 6.45) is 1.75. The zero-order valence-electron chi connectivity index (χ0n) is 15.9. The van der Waals surface area contributed by atoms with Gasteiger partial charge in [-0.2, -0.15) is 5.26 Å². The third-order valence-corrected chi connectivity index (χ3v) is 4.90. The number of nitrogens with zero attached hydrogens (tertiary/aromatic N) is 1. The van der Waals surface area contributed by atoms with Crippen molar-refractivity contribution in [2.45, 2.75) is 45.1 Å². The third-order valence-electron chi connectivity index (χ3n) is 4.90. The summed E-state index contributed by atoms with van der Waals surface area (Å²) in [5.74, 6) is 3.16. The molecular formula is C22H23NO5. The number of hydrogen-bond donors (Lipinski definition) is 0. The molecule has 0 radical (unpaired) electrons. The van der Waals surface area contributed by atoms with Gasteiger partial charge >= 0.3 is 11.9 Å². The van der Waals surface area contributed by atoms with E-state index < -0.39 is 23.3 Å². The Morgan fingerprint density at radius 1 is 1.21 bits per heavy atom. The van der Waals surface area contributed by atoms with Crippen LogP contribution in [0.4, 0.5) is 0 Å². The predicted octanol–water partition coefficient (Wildman–Crippen LogP) is 2.96. The molecule has 2 rings (SSSR count). The Balaban J connectivity index is 2.21. The molecule has 6 heteroatoms. The maximum atomic E-state index is 13.0. The van der Waals surface area contributed by atoms with Gasteiger partial charge in [0.15, 0.2) is 11.2 Å². The number of carbonyl (C=O) groups is 3. The van der Waals surface area contributed by atoms with Crippen molar-refractivity contribution in [1.82, 2.24) is 0 Å². The molecule has 0 bridgehead atoms. The highest BCUT2D eigenvalue weighted by atomic mass is 16.5. The Morgan fingerprint density at radius 2 is 1.96 bits per heavy atom. The molecule has 1 aromatic carbocycles. The van der Waals surface area contributed by atoms with Crippen molar-refractivity contribution < 1.29 is 23.9 Å². The van der Waals surface area contributed by atoms with Gasteiger partial charge in [0.2, 0.25) is 0 Å². The molecule has 1 saturated carbocycles. The monoisotopic (exact) mass is 381 g/mol. The van der Waals surface area contributed by atoms with E-state index in [4.69, 9.17) is 14.7 Å². The zero-order chi connectivity index (χ0) is 20.4. The van der Waals surface area contributed by atoms with Gasteiger partial charge in [0.25, 0.3) is 0 Å². The Labute approximate surface area is 164 Å². The smallest absolute Gasteiger partial charge is 0.321 e. The second kappa shape index (κ2) is 10.3. The van der Waals surface area contributed by atoms with E-state index >= 15 is 0 Å². The van der Waals surface area contributed by atoms with Gasteiger partial charge in [0, 0.05) is 25.7 Å². The molecule has 0 amide bonds. The molecule has 0 saturated heterocycles. The van der Waals surface area contributed by atoms with E-state index in [1.165, 1.54) is 7.11 Å². The molecule has 0 aromatic heterocycles. The number of carbonyl (C=O) groups excluding carboxylic acids is 3. The van der Waals surface area contributed by atoms with Crippen LogP contribution in [0.25, 0.3) is 0 Å². The molecule has 0 heterocycles. The molecule has 0 aliphatic heterocycles. The van der Waals surface area contributed by atoms with Gasteiger partial charge in [-0.3, -0.25) is 14.4 Å². The minimum atomic E-state index is -1.63. The van der Waals surface area contributed by atoms with Crippen LogP contribution in [0.3, 0.4) is 0 Å². The lowest BCUT2D eigenvalue weighted by atomic mass is 9.74. The topological polar surface area (TPSA) is 93.5 Å². The molecule has 1 aliphatic rings. The number of rotatable bonds is 7. The Hall–Kier alpha value is -3.12. The number of Topliss-reactive ketones (excluding diaryl/α,β-unsaturated/α-hetero) is 1. The van der Waals surface area contributed by atoms with Crippen LogP contribution < -0.4 is 0 Å². The summed E-state index contributed by atoms with van der Waals surface area (Å²) in [5, 5.41) is 8.56. The van der Waals surface area contributed by atoms with Gasteiger partial charge in [0.1, 0.15) is 6.61 Å². The summed E-state index contributed by atoms with van der Waals surface area (Å²) < 4.78 is 10.3. The van der Waals surface area contributed by atoms with Crippen LogP contribution in [0.5, 0.6) is 0 Å². The van der Waals surface area contributed by atoms with Crippen molar-refractivity contribution >= 4 is 17.7 Å². The van der Waals surface area contributed by atoms with Crippen molar-refractivity contribution in [2.75, 3.05) is 7.11 Å². The van der Waals surface area contributed by atoms with Crippen LogP contribution in [-0.2, 0) is 30.5 Å². The molecular weight excluding hydrogens is 358 g/mol. The van der Waals surface area contributed by atoms with Gasteiger partial charge in [-0.1, -0.05) is 30.3 Å². The highest BCUT2D eigenvalue weighted by Crippen LogP contribution is 2.45. The standard InChI is InChI=1S/C22H23NO5/c1-27-20(25)18-12-13-19(24)22(18,14-8-3-2-4-9-15-23)21(26)28-16-17-10-6-5-7-11-17/h5-7,10-11,18H,2,4,9,12-14,16H2,1H3. The lowest BCUT2D eigenvalue weighted by molar-refractivity contribution is -0.169. The number of benzene rings is 1. The van der Waals surface area contributed by atoms with Crippen molar-refractivity contribution in [3.63, 3.8) is 0 Å². The van der Waals surface area contributed by atoms with E-state index in [2.05, 4.69) is 11.8 Å². The van der Waals surface area contributed by atoms with Gasteiger partial charge in [-0.15, -0.1) is 11.8 Å². The maximum Gasteiger partial charge on any atom is 0.321 e. The van der Waals surface area contributed by atoms with Crippen molar-refractivity contribution in [3.8, 4) is 17.9 Å². The molecule has 146 valence electrons. The number of ketones is 1. The van der Waals surface area contributed by atoms with E-state index in [1.54, 1.807) is 0 Å². The second-order valence-electron chi connectivity index (χ2n) is 6.61. The van der Waals surface area contributed by atoms with E-state index in [-0.39, 0.29) is 31.7 Å². The first-order chi connectivity index (χ1) is 13.6. The largest absolute Gasteiger partial charge is 0.469 e. The first-order valence-electron chi connectivity index (χ1n) is 9.21. The minimum Gasteiger partial charge on any atom is -0.469 e. The van der Waals surface area contributed by atoms with E-state index in [9.17, 15) is 14.4 Å². The number of ether oxygens (including phenoxy) is 2. The fraction of sp³-hybridized carbons (Fsp3) is 0.455. The van der Waals surface area contributed by atoms with E-state index in [0.29, 0.717) is 19.3 Å². The Bertz CT molecular complexity index is 815. The fourth-order valence-electron chi connectivity index (χ4n) is 3.35. The highest BCUT2D eigenvalue weighted by Gasteiger charge is 2.59.